The molecule has 1 rings (SSSR count). The highest BCUT2D eigenvalue weighted by Crippen LogP contribution is 2.24. The first-order valence-electron chi connectivity index (χ1n) is 5.16. The zero-order chi connectivity index (χ0) is 14.8. The van der Waals surface area contributed by atoms with Crippen molar-refractivity contribution < 1.29 is 31.3 Å². The predicted molar refractivity (Wildman–Crippen MR) is 58.9 cm³/mol. The normalized spacial score (nSPS) is 14.1. The second-order valence-electron chi connectivity index (χ2n) is 3.92. The highest BCUT2D eigenvalue weighted by atomic mass is 32.2. The molecule has 0 aliphatic rings. The van der Waals surface area contributed by atoms with Crippen molar-refractivity contribution in [3.63, 3.8) is 0 Å². The van der Waals surface area contributed by atoms with Gasteiger partial charge in [0.25, 0.3) is 10.1 Å². The van der Waals surface area contributed by atoms with Crippen molar-refractivity contribution in [2.75, 3.05) is 0 Å². The summed E-state index contributed by atoms with van der Waals surface area (Å²) in [4.78, 5) is 9.86. The summed E-state index contributed by atoms with van der Waals surface area (Å²) in [6.07, 6.45) is -2.37. The summed E-state index contributed by atoms with van der Waals surface area (Å²) < 4.78 is 53.5. The van der Waals surface area contributed by atoms with Gasteiger partial charge >= 0.3 is 5.92 Å². The molecule has 0 saturated carbocycles. The van der Waals surface area contributed by atoms with Crippen LogP contribution in [0.15, 0.2) is 29.2 Å². The number of carboxylic acid groups (broad SMARTS) is 1. The van der Waals surface area contributed by atoms with Crippen LogP contribution in [0.3, 0.4) is 0 Å². The largest absolute Gasteiger partial charge is 0.544 e. The Bertz CT molecular complexity index is 565. The molecule has 0 fully saturated rings. The Morgan fingerprint density at radius 1 is 1.32 bits per heavy atom. The highest BCUT2D eigenvalue weighted by Gasteiger charge is 2.42. The van der Waals surface area contributed by atoms with Crippen molar-refractivity contribution in [1.29, 1.82) is 0 Å². The first-order valence-corrected chi connectivity index (χ1v) is 6.57. The molecule has 0 radical (unpaired) electrons. The standard InChI is InChI=1S/C11H12F2O5S/c1-7-3-5-9(6-4-7)19(16,17)18-8(2)11(12,13)10(14)15/h3-6,8H,1-2H3,(H,14,15)/p-1. The average Bonchev–Trinajstić information content (AvgIpc) is 2.28. The van der Waals surface area contributed by atoms with Gasteiger partial charge in [-0.25, -0.2) is 0 Å². The summed E-state index contributed by atoms with van der Waals surface area (Å²) in [5.41, 5.74) is 0.770. The Morgan fingerprint density at radius 3 is 2.21 bits per heavy atom. The summed E-state index contributed by atoms with van der Waals surface area (Å²) in [5, 5.41) is 10.2. The summed E-state index contributed by atoms with van der Waals surface area (Å²) in [6, 6.07) is 5.26. The third-order valence-corrected chi connectivity index (χ3v) is 3.75. The van der Waals surface area contributed by atoms with E-state index in [2.05, 4.69) is 4.18 Å². The van der Waals surface area contributed by atoms with Gasteiger partial charge in [0.15, 0.2) is 0 Å². The minimum absolute atomic E-state index is 0.334. The van der Waals surface area contributed by atoms with Gasteiger partial charge in [-0.1, -0.05) is 17.7 Å². The van der Waals surface area contributed by atoms with E-state index in [1.807, 2.05) is 0 Å². The summed E-state index contributed by atoms with van der Waals surface area (Å²) in [5.74, 6) is -7.10. The number of hydrogen-bond donors (Lipinski definition) is 0. The molecule has 1 aromatic rings. The molecule has 0 heterocycles. The van der Waals surface area contributed by atoms with Crippen LogP contribution in [0.5, 0.6) is 0 Å². The minimum atomic E-state index is -4.46. The lowest BCUT2D eigenvalue weighted by atomic mass is 10.2. The number of carbonyl (C=O) groups is 1. The number of aryl methyl sites for hydroxylation is 1. The van der Waals surface area contributed by atoms with Gasteiger partial charge in [0, 0.05) is 0 Å². The Morgan fingerprint density at radius 2 is 1.79 bits per heavy atom. The minimum Gasteiger partial charge on any atom is -0.544 e. The molecule has 1 aromatic carbocycles. The fraction of sp³-hybridized carbons (Fsp3) is 0.364. The Kier molecular flexibility index (Phi) is 4.26. The molecule has 0 amide bonds. The van der Waals surface area contributed by atoms with Crippen LogP contribution >= 0.6 is 0 Å². The van der Waals surface area contributed by atoms with E-state index in [1.165, 1.54) is 24.3 Å². The molecule has 19 heavy (non-hydrogen) atoms. The van der Waals surface area contributed by atoms with Crippen molar-refractivity contribution in [2.45, 2.75) is 30.8 Å². The third kappa shape index (κ3) is 3.48. The van der Waals surface area contributed by atoms with Gasteiger partial charge in [-0.3, -0.25) is 4.18 Å². The molecular formula is C11H11F2O5S-. The first kappa shape index (κ1) is 15.5. The Balaban J connectivity index is 2.98. The summed E-state index contributed by atoms with van der Waals surface area (Å²) >= 11 is 0. The monoisotopic (exact) mass is 293 g/mol. The van der Waals surface area contributed by atoms with E-state index >= 15 is 0 Å². The number of halogens is 2. The van der Waals surface area contributed by atoms with Crippen LogP contribution < -0.4 is 5.11 Å². The van der Waals surface area contributed by atoms with Crippen molar-refractivity contribution in [2.24, 2.45) is 0 Å². The lowest BCUT2D eigenvalue weighted by Crippen LogP contribution is -2.50. The smallest absolute Gasteiger partial charge is 0.313 e. The number of aliphatic carboxylic acids is 1. The van der Waals surface area contributed by atoms with Gasteiger partial charge in [-0.05, 0) is 26.0 Å². The van der Waals surface area contributed by atoms with Crippen LogP contribution in [-0.2, 0) is 19.1 Å². The second kappa shape index (κ2) is 5.22. The average molecular weight is 293 g/mol. The van der Waals surface area contributed by atoms with Crippen LogP contribution in [0.2, 0.25) is 0 Å². The number of benzene rings is 1. The molecule has 106 valence electrons. The molecule has 0 aliphatic carbocycles. The summed E-state index contributed by atoms with van der Waals surface area (Å²) in [6.45, 7) is 2.35. The molecule has 0 aromatic heterocycles. The quantitative estimate of drug-likeness (QED) is 0.737. The molecule has 5 nitrogen and oxygen atoms in total. The Labute approximate surface area is 108 Å². The van der Waals surface area contributed by atoms with Crippen molar-refractivity contribution in [3.05, 3.63) is 29.8 Å². The molecule has 0 spiro atoms. The first-order chi connectivity index (χ1) is 8.57. The zero-order valence-corrected chi connectivity index (χ0v) is 10.9. The van der Waals surface area contributed by atoms with Gasteiger partial charge in [-0.15, -0.1) is 0 Å². The zero-order valence-electron chi connectivity index (χ0n) is 10.1. The van der Waals surface area contributed by atoms with Gasteiger partial charge in [-0.2, -0.15) is 17.2 Å². The number of rotatable bonds is 5. The van der Waals surface area contributed by atoms with Gasteiger partial charge in [0.2, 0.25) is 0 Å². The number of carboxylic acids is 1. The van der Waals surface area contributed by atoms with Crippen LogP contribution in [0.4, 0.5) is 8.78 Å². The van der Waals surface area contributed by atoms with Crippen molar-refractivity contribution in [1.82, 2.24) is 0 Å². The maximum absolute atomic E-state index is 13.0. The van der Waals surface area contributed by atoms with E-state index in [-0.39, 0.29) is 4.90 Å². The number of carbonyl (C=O) groups excluding carboxylic acids is 1. The molecule has 0 aliphatic heterocycles. The van der Waals surface area contributed by atoms with Gasteiger partial charge in [0.05, 0.1) is 4.90 Å². The van der Waals surface area contributed by atoms with Gasteiger partial charge < -0.3 is 9.90 Å². The van der Waals surface area contributed by atoms with Gasteiger partial charge in [0.1, 0.15) is 12.1 Å². The molecule has 0 bridgehead atoms. The lowest BCUT2D eigenvalue weighted by Gasteiger charge is -2.23. The number of alkyl halides is 2. The second-order valence-corrected chi connectivity index (χ2v) is 5.49. The van der Waals surface area contributed by atoms with E-state index in [0.717, 1.165) is 5.56 Å². The maximum atomic E-state index is 13.0. The fourth-order valence-electron chi connectivity index (χ4n) is 1.18. The SMILES string of the molecule is Cc1ccc(S(=O)(=O)OC(C)C(F)(F)C(=O)[O-])cc1. The number of hydrogen-bond acceptors (Lipinski definition) is 5. The van der Waals surface area contributed by atoms with E-state index in [9.17, 15) is 27.1 Å². The van der Waals surface area contributed by atoms with Crippen LogP contribution in [0.25, 0.3) is 0 Å². The third-order valence-electron chi connectivity index (χ3n) is 2.36. The molecule has 0 saturated heterocycles. The van der Waals surface area contributed by atoms with E-state index in [1.54, 1.807) is 6.92 Å². The molecule has 0 N–H and O–H groups in total. The molecule has 1 unspecified atom stereocenters. The van der Waals surface area contributed by atoms with E-state index < -0.39 is 28.1 Å². The Hall–Kier alpha value is -1.54. The topological polar surface area (TPSA) is 83.5 Å². The van der Waals surface area contributed by atoms with Crippen molar-refractivity contribution >= 4 is 16.1 Å². The van der Waals surface area contributed by atoms with E-state index in [0.29, 0.717) is 6.92 Å². The molecule has 1 atom stereocenters. The molecular weight excluding hydrogens is 282 g/mol. The fourth-order valence-corrected chi connectivity index (χ4v) is 2.26. The maximum Gasteiger partial charge on any atom is 0.313 e. The van der Waals surface area contributed by atoms with Crippen LogP contribution in [-0.4, -0.2) is 26.4 Å². The predicted octanol–water partition coefficient (Wildman–Crippen LogP) is 0.474. The molecule has 8 heteroatoms. The van der Waals surface area contributed by atoms with Crippen LogP contribution in [0.1, 0.15) is 12.5 Å². The summed E-state index contributed by atoms with van der Waals surface area (Å²) in [7, 11) is -4.46. The highest BCUT2D eigenvalue weighted by molar-refractivity contribution is 7.86. The van der Waals surface area contributed by atoms with E-state index in [4.69, 9.17) is 0 Å². The lowest BCUT2D eigenvalue weighted by molar-refractivity contribution is -0.334. The van der Waals surface area contributed by atoms with Crippen molar-refractivity contribution in [3.8, 4) is 0 Å². The van der Waals surface area contributed by atoms with Crippen LogP contribution in [0, 0.1) is 6.92 Å².